The Kier molecular flexibility index (Phi) is 5.34. The molecule has 140 valence electrons. The highest BCUT2D eigenvalue weighted by Crippen LogP contribution is 2.38. The van der Waals surface area contributed by atoms with Gasteiger partial charge >= 0.3 is 0 Å². The van der Waals surface area contributed by atoms with Gasteiger partial charge in [0.1, 0.15) is 16.9 Å². The molecule has 1 aromatic rings. The molecule has 0 aliphatic carbocycles. The van der Waals surface area contributed by atoms with Crippen molar-refractivity contribution in [2.45, 2.75) is 37.4 Å². The van der Waals surface area contributed by atoms with Gasteiger partial charge in [-0.25, -0.2) is 8.42 Å². The normalized spacial score (nSPS) is 21.0. The number of likely N-dealkylation sites (tertiary alicyclic amines) is 1. The fourth-order valence-corrected chi connectivity index (χ4v) is 4.72. The second-order valence-electron chi connectivity index (χ2n) is 6.98. The highest BCUT2D eigenvalue weighted by molar-refractivity contribution is 7.93. The zero-order valence-electron chi connectivity index (χ0n) is 15.1. The summed E-state index contributed by atoms with van der Waals surface area (Å²) in [7, 11) is -0.627. The number of hydrogen-bond donors (Lipinski definition) is 1. The standard InChI is InChI=1S/C17H25NO6S/c1-17(2,3)25(21,22)16-13(10-19)15(20)18(16)9-11-6-7-12(23-4)8-14(11)24-5/h6-8,13,16,19H,9-10H2,1-5H3. The average molecular weight is 371 g/mol. The van der Waals surface area contributed by atoms with Crippen LogP contribution in [-0.4, -0.2) is 55.3 Å². The topological polar surface area (TPSA) is 93.1 Å². The molecular formula is C17H25NO6S. The van der Waals surface area contributed by atoms with E-state index in [0.717, 1.165) is 0 Å². The van der Waals surface area contributed by atoms with E-state index >= 15 is 0 Å². The summed E-state index contributed by atoms with van der Waals surface area (Å²) in [6, 6.07) is 5.13. The number of β-lactam (4-membered cyclic amide) rings is 1. The number of carbonyl (C=O) groups is 1. The lowest BCUT2D eigenvalue weighted by Crippen LogP contribution is -2.67. The maximum absolute atomic E-state index is 12.8. The number of methoxy groups -OCH3 is 2. The fourth-order valence-electron chi connectivity index (χ4n) is 2.84. The van der Waals surface area contributed by atoms with Gasteiger partial charge in [0.2, 0.25) is 5.91 Å². The third-order valence-electron chi connectivity index (χ3n) is 4.45. The average Bonchev–Trinajstić information content (AvgIpc) is 2.55. The molecule has 0 radical (unpaired) electrons. The summed E-state index contributed by atoms with van der Waals surface area (Å²) in [5, 5.41) is 8.41. The van der Waals surface area contributed by atoms with Crippen molar-refractivity contribution < 1.29 is 27.8 Å². The fraction of sp³-hybridized carbons (Fsp3) is 0.588. The summed E-state index contributed by atoms with van der Waals surface area (Å²) >= 11 is 0. The van der Waals surface area contributed by atoms with Crippen LogP contribution in [0.1, 0.15) is 26.3 Å². The van der Waals surface area contributed by atoms with Crippen LogP contribution in [0.5, 0.6) is 11.5 Å². The van der Waals surface area contributed by atoms with Gasteiger partial charge in [0.15, 0.2) is 9.84 Å². The van der Waals surface area contributed by atoms with Gasteiger partial charge in [0, 0.05) is 11.6 Å². The molecule has 7 nitrogen and oxygen atoms in total. The van der Waals surface area contributed by atoms with Crippen LogP contribution < -0.4 is 9.47 Å². The highest BCUT2D eigenvalue weighted by Gasteiger charge is 2.56. The summed E-state index contributed by atoms with van der Waals surface area (Å²) in [4.78, 5) is 13.6. The van der Waals surface area contributed by atoms with Crippen molar-refractivity contribution in [3.8, 4) is 11.5 Å². The van der Waals surface area contributed by atoms with Crippen molar-refractivity contribution in [3.63, 3.8) is 0 Å². The molecule has 1 aromatic carbocycles. The molecule has 0 spiro atoms. The summed E-state index contributed by atoms with van der Waals surface area (Å²) in [6.45, 7) is 4.36. The van der Waals surface area contributed by atoms with E-state index < -0.39 is 32.5 Å². The smallest absolute Gasteiger partial charge is 0.232 e. The third-order valence-corrected chi connectivity index (χ3v) is 7.38. The molecule has 0 aromatic heterocycles. The van der Waals surface area contributed by atoms with Crippen LogP contribution in [-0.2, 0) is 21.2 Å². The van der Waals surface area contributed by atoms with Crippen molar-refractivity contribution >= 4 is 15.7 Å². The summed E-state index contributed by atoms with van der Waals surface area (Å²) in [5.74, 6) is -0.194. The van der Waals surface area contributed by atoms with Gasteiger partial charge in [0.05, 0.1) is 38.0 Å². The molecule has 1 aliphatic rings. The lowest BCUT2D eigenvalue weighted by Gasteiger charge is -2.48. The number of aliphatic hydroxyl groups is 1. The molecule has 1 heterocycles. The number of aliphatic hydroxyl groups excluding tert-OH is 1. The lowest BCUT2D eigenvalue weighted by atomic mass is 9.98. The first kappa shape index (κ1) is 19.5. The molecule has 2 unspecified atom stereocenters. The van der Waals surface area contributed by atoms with E-state index in [1.54, 1.807) is 39.0 Å². The van der Waals surface area contributed by atoms with Gasteiger partial charge < -0.3 is 19.5 Å². The van der Waals surface area contributed by atoms with E-state index in [1.165, 1.54) is 19.1 Å². The summed E-state index contributed by atoms with van der Waals surface area (Å²) < 4.78 is 35.1. The molecule has 0 saturated carbocycles. The minimum absolute atomic E-state index is 0.0858. The van der Waals surface area contributed by atoms with Gasteiger partial charge in [-0.15, -0.1) is 0 Å². The Morgan fingerprint density at radius 1 is 1.20 bits per heavy atom. The van der Waals surface area contributed by atoms with E-state index in [2.05, 4.69) is 0 Å². The van der Waals surface area contributed by atoms with Crippen molar-refractivity contribution in [1.82, 2.24) is 4.90 Å². The SMILES string of the molecule is COc1ccc(CN2C(=O)C(CO)C2S(=O)(=O)C(C)(C)C)c(OC)c1. The Morgan fingerprint density at radius 2 is 1.84 bits per heavy atom. The van der Waals surface area contributed by atoms with Crippen molar-refractivity contribution in [3.05, 3.63) is 23.8 Å². The Labute approximate surface area is 148 Å². The number of carbonyl (C=O) groups excluding carboxylic acids is 1. The molecule has 1 amide bonds. The van der Waals surface area contributed by atoms with E-state index in [4.69, 9.17) is 9.47 Å². The largest absolute Gasteiger partial charge is 0.497 e. The van der Waals surface area contributed by atoms with Gasteiger partial charge in [-0.3, -0.25) is 4.79 Å². The number of benzene rings is 1. The van der Waals surface area contributed by atoms with Crippen LogP contribution in [0.15, 0.2) is 18.2 Å². The third kappa shape index (κ3) is 3.32. The lowest BCUT2D eigenvalue weighted by molar-refractivity contribution is -0.154. The molecule has 2 rings (SSSR count). The quantitative estimate of drug-likeness (QED) is 0.755. The van der Waals surface area contributed by atoms with E-state index in [-0.39, 0.29) is 12.5 Å². The second-order valence-corrected chi connectivity index (χ2v) is 9.78. The van der Waals surface area contributed by atoms with Gasteiger partial charge in [-0.1, -0.05) is 0 Å². The van der Waals surface area contributed by atoms with E-state index in [0.29, 0.717) is 17.1 Å². The molecular weight excluding hydrogens is 346 g/mol. The number of nitrogens with zero attached hydrogens (tertiary/aromatic N) is 1. The van der Waals surface area contributed by atoms with Crippen molar-refractivity contribution in [1.29, 1.82) is 0 Å². The Bertz CT molecular complexity index is 753. The Morgan fingerprint density at radius 3 is 2.32 bits per heavy atom. The predicted octanol–water partition coefficient (Wildman–Crippen LogP) is 1.19. The zero-order chi connectivity index (χ0) is 19.0. The molecule has 8 heteroatoms. The summed E-state index contributed by atoms with van der Waals surface area (Å²) in [5.41, 5.74) is 0.669. The molecule has 25 heavy (non-hydrogen) atoms. The second kappa shape index (κ2) is 6.84. The molecule has 1 fully saturated rings. The van der Waals surface area contributed by atoms with Gasteiger partial charge in [-0.05, 0) is 32.9 Å². The number of rotatable bonds is 6. The maximum atomic E-state index is 12.8. The first-order valence-electron chi connectivity index (χ1n) is 7.94. The Hall–Kier alpha value is -1.80. The predicted molar refractivity (Wildman–Crippen MR) is 93.1 cm³/mol. The molecule has 0 bridgehead atoms. The van der Waals surface area contributed by atoms with Crippen LogP contribution >= 0.6 is 0 Å². The molecule has 2 atom stereocenters. The van der Waals surface area contributed by atoms with Crippen LogP contribution in [0.4, 0.5) is 0 Å². The minimum atomic E-state index is -3.66. The first-order valence-corrected chi connectivity index (χ1v) is 9.48. The monoisotopic (exact) mass is 371 g/mol. The Balaban J connectivity index is 2.37. The van der Waals surface area contributed by atoms with Crippen LogP contribution in [0.25, 0.3) is 0 Å². The maximum Gasteiger partial charge on any atom is 0.232 e. The van der Waals surface area contributed by atoms with E-state index in [9.17, 15) is 18.3 Å². The number of ether oxygens (including phenoxy) is 2. The number of sulfone groups is 1. The van der Waals surface area contributed by atoms with Crippen molar-refractivity contribution in [2.24, 2.45) is 5.92 Å². The van der Waals surface area contributed by atoms with Crippen LogP contribution in [0, 0.1) is 5.92 Å². The molecule has 1 saturated heterocycles. The van der Waals surface area contributed by atoms with Crippen molar-refractivity contribution in [2.75, 3.05) is 20.8 Å². The summed E-state index contributed by atoms with van der Waals surface area (Å²) in [6.07, 6.45) is 0. The van der Waals surface area contributed by atoms with Gasteiger partial charge in [0.25, 0.3) is 0 Å². The first-order chi connectivity index (χ1) is 11.6. The molecule has 1 aliphatic heterocycles. The minimum Gasteiger partial charge on any atom is -0.497 e. The number of amides is 1. The highest BCUT2D eigenvalue weighted by atomic mass is 32.2. The number of hydrogen-bond acceptors (Lipinski definition) is 6. The van der Waals surface area contributed by atoms with Crippen LogP contribution in [0.2, 0.25) is 0 Å². The zero-order valence-corrected chi connectivity index (χ0v) is 16.0. The van der Waals surface area contributed by atoms with Crippen LogP contribution in [0.3, 0.4) is 0 Å². The van der Waals surface area contributed by atoms with E-state index in [1.807, 2.05) is 0 Å². The molecule has 1 N–H and O–H groups in total. The van der Waals surface area contributed by atoms with Gasteiger partial charge in [-0.2, -0.15) is 0 Å².